The number of carboxylic acid groups (broad SMARTS) is 1. The first-order valence-corrected chi connectivity index (χ1v) is 14.6. The van der Waals surface area contributed by atoms with Gasteiger partial charge in [-0.25, -0.2) is 14.8 Å². The number of nitrogens with one attached hydrogen (secondary N) is 1. The topological polar surface area (TPSA) is 110 Å². The summed E-state index contributed by atoms with van der Waals surface area (Å²) >= 11 is 0. The molecule has 0 saturated heterocycles. The van der Waals surface area contributed by atoms with E-state index < -0.39 is 17.7 Å². The van der Waals surface area contributed by atoms with Crippen LogP contribution in [-0.2, 0) is 12.7 Å². The monoisotopic (exact) mass is 596 g/mol. The highest BCUT2D eigenvalue weighted by molar-refractivity contribution is 6.03. The van der Waals surface area contributed by atoms with Gasteiger partial charge in [0.05, 0.1) is 16.8 Å². The molecule has 0 saturated carbocycles. The van der Waals surface area contributed by atoms with Gasteiger partial charge in [-0.2, -0.15) is 13.2 Å². The molecule has 0 aliphatic heterocycles. The lowest BCUT2D eigenvalue weighted by atomic mass is 10.0. The summed E-state index contributed by atoms with van der Waals surface area (Å²) in [6.07, 6.45) is 6.95. The van der Waals surface area contributed by atoms with Gasteiger partial charge in [0.1, 0.15) is 12.1 Å². The Balaban J connectivity index is 0.000000236. The fourth-order valence-corrected chi connectivity index (χ4v) is 4.47. The SMILES string of the molecule is CCCCCCCCCCNc1cccc(C(F)(F)F)c1.NCc1cc(Oc2ccc3c(C(=O)O)cccc3c2)ncn1. The number of nitrogens with two attached hydrogens (primary N) is 1. The lowest BCUT2D eigenvalue weighted by Crippen LogP contribution is -2.07. The van der Waals surface area contributed by atoms with Crippen molar-refractivity contribution in [1.29, 1.82) is 0 Å². The normalized spacial score (nSPS) is 11.1. The number of rotatable bonds is 14. The second-order valence-corrected chi connectivity index (χ2v) is 10.1. The number of unbranched alkanes of at least 4 members (excludes halogenated alkanes) is 7. The summed E-state index contributed by atoms with van der Waals surface area (Å²) in [7, 11) is 0. The maximum Gasteiger partial charge on any atom is 0.416 e. The van der Waals surface area contributed by atoms with Gasteiger partial charge in [0.25, 0.3) is 0 Å². The lowest BCUT2D eigenvalue weighted by Gasteiger charge is -2.10. The van der Waals surface area contributed by atoms with Crippen LogP contribution in [0.25, 0.3) is 10.8 Å². The minimum atomic E-state index is -4.27. The molecule has 0 atom stereocenters. The lowest BCUT2D eigenvalue weighted by molar-refractivity contribution is -0.137. The van der Waals surface area contributed by atoms with E-state index in [0.29, 0.717) is 34.9 Å². The van der Waals surface area contributed by atoms with Gasteiger partial charge in [-0.15, -0.1) is 0 Å². The van der Waals surface area contributed by atoms with E-state index in [2.05, 4.69) is 22.2 Å². The van der Waals surface area contributed by atoms with E-state index in [1.54, 1.807) is 42.5 Å². The summed E-state index contributed by atoms with van der Waals surface area (Å²) in [6, 6.07) is 17.4. The van der Waals surface area contributed by atoms with Gasteiger partial charge >= 0.3 is 12.1 Å². The molecule has 3 aromatic carbocycles. The Hall–Kier alpha value is -4.18. The van der Waals surface area contributed by atoms with Gasteiger partial charge in [0, 0.05) is 24.8 Å². The summed E-state index contributed by atoms with van der Waals surface area (Å²) in [5.41, 5.74) is 6.43. The van der Waals surface area contributed by atoms with Crippen molar-refractivity contribution in [1.82, 2.24) is 9.97 Å². The third kappa shape index (κ3) is 11.2. The molecule has 230 valence electrons. The highest BCUT2D eigenvalue weighted by atomic mass is 19.4. The number of anilines is 1. The second-order valence-electron chi connectivity index (χ2n) is 10.1. The van der Waals surface area contributed by atoms with E-state index >= 15 is 0 Å². The molecule has 7 nitrogen and oxygen atoms in total. The molecule has 0 aliphatic carbocycles. The summed E-state index contributed by atoms with van der Waals surface area (Å²) in [6.45, 7) is 3.24. The summed E-state index contributed by atoms with van der Waals surface area (Å²) in [4.78, 5) is 19.2. The molecule has 4 N–H and O–H groups in total. The van der Waals surface area contributed by atoms with E-state index in [1.807, 2.05) is 6.07 Å². The number of alkyl halides is 3. The molecule has 4 aromatic rings. The Kier molecular flexibility index (Phi) is 13.2. The zero-order chi connectivity index (χ0) is 31.1. The zero-order valence-corrected chi connectivity index (χ0v) is 24.4. The Bertz CT molecular complexity index is 1450. The number of aromatic carboxylic acids is 1. The zero-order valence-electron chi connectivity index (χ0n) is 24.4. The van der Waals surface area contributed by atoms with Crippen molar-refractivity contribution in [2.75, 3.05) is 11.9 Å². The van der Waals surface area contributed by atoms with E-state index in [0.717, 1.165) is 30.8 Å². The van der Waals surface area contributed by atoms with Gasteiger partial charge in [-0.3, -0.25) is 0 Å². The third-order valence-electron chi connectivity index (χ3n) is 6.76. The van der Waals surface area contributed by atoms with Crippen molar-refractivity contribution < 1.29 is 27.8 Å². The summed E-state index contributed by atoms with van der Waals surface area (Å²) in [5.74, 6) is 0.00329. The van der Waals surface area contributed by atoms with Crippen molar-refractivity contribution >= 4 is 22.4 Å². The highest BCUT2D eigenvalue weighted by Gasteiger charge is 2.30. The Morgan fingerprint density at radius 1 is 0.907 bits per heavy atom. The van der Waals surface area contributed by atoms with Gasteiger partial charge in [-0.1, -0.05) is 70.1 Å². The molecule has 0 unspecified atom stereocenters. The van der Waals surface area contributed by atoms with Crippen LogP contribution in [0.2, 0.25) is 0 Å². The fraction of sp³-hybridized carbons (Fsp3) is 0.364. The Labute approximate surface area is 250 Å². The summed E-state index contributed by atoms with van der Waals surface area (Å²) in [5, 5.41) is 13.7. The minimum absolute atomic E-state index is 0.261. The van der Waals surface area contributed by atoms with Gasteiger partial charge in [-0.05, 0) is 59.7 Å². The quantitative estimate of drug-likeness (QED) is 0.125. The average molecular weight is 597 g/mol. The number of hydrogen-bond acceptors (Lipinski definition) is 6. The number of fused-ring (bicyclic) bond motifs is 1. The molecule has 1 aromatic heterocycles. The maximum atomic E-state index is 12.6. The van der Waals surface area contributed by atoms with Crippen LogP contribution >= 0.6 is 0 Å². The maximum absolute atomic E-state index is 12.6. The van der Waals surface area contributed by atoms with Gasteiger partial charge < -0.3 is 20.9 Å². The number of carbonyl (C=O) groups is 1. The molecular weight excluding hydrogens is 557 g/mol. The molecule has 4 rings (SSSR count). The first-order valence-electron chi connectivity index (χ1n) is 14.6. The molecule has 0 spiro atoms. The molecule has 1 heterocycles. The van der Waals surface area contributed by atoms with Crippen LogP contribution in [-0.4, -0.2) is 27.6 Å². The standard InChI is InChI=1S/C17H26F3N.C16H13N3O3/c1-2-3-4-5-6-7-8-9-13-21-16-12-10-11-15(14-16)17(18,19)20;17-8-11-7-15(19-9-18-11)22-12-4-5-13-10(6-12)2-1-3-14(13)16(20)21/h10-12,14,21H,2-9,13H2,1H3;1-7,9H,8,17H2,(H,20,21). The predicted molar refractivity (Wildman–Crippen MR) is 163 cm³/mol. The molecule has 43 heavy (non-hydrogen) atoms. The van der Waals surface area contributed by atoms with Crippen LogP contribution in [0.4, 0.5) is 18.9 Å². The van der Waals surface area contributed by atoms with Crippen molar-refractivity contribution in [2.24, 2.45) is 5.73 Å². The first kappa shape index (κ1) is 33.3. The molecule has 10 heteroatoms. The highest BCUT2D eigenvalue weighted by Crippen LogP contribution is 2.31. The number of benzene rings is 3. The van der Waals surface area contributed by atoms with Gasteiger partial charge in [0.15, 0.2) is 0 Å². The van der Waals surface area contributed by atoms with Crippen LogP contribution in [0.15, 0.2) is 73.1 Å². The van der Waals surface area contributed by atoms with Crippen molar-refractivity contribution in [2.45, 2.75) is 71.0 Å². The summed E-state index contributed by atoms with van der Waals surface area (Å²) < 4.78 is 43.3. The molecule has 0 fully saturated rings. The fourth-order valence-electron chi connectivity index (χ4n) is 4.47. The average Bonchev–Trinajstić information content (AvgIpc) is 3.00. The van der Waals surface area contributed by atoms with E-state index in [4.69, 9.17) is 10.5 Å². The number of ether oxygens (including phenoxy) is 1. The minimum Gasteiger partial charge on any atom is -0.478 e. The number of carboxylic acids is 1. The number of nitrogens with zero attached hydrogens (tertiary/aromatic N) is 2. The Morgan fingerprint density at radius 2 is 1.63 bits per heavy atom. The molecule has 0 radical (unpaired) electrons. The second kappa shape index (κ2) is 17.1. The molecular formula is C33H39F3N4O3. The molecule has 0 amide bonds. The van der Waals surface area contributed by atoms with Crippen molar-refractivity contribution in [3.8, 4) is 11.6 Å². The molecule has 0 aliphatic rings. The molecule has 0 bridgehead atoms. The largest absolute Gasteiger partial charge is 0.478 e. The van der Waals surface area contributed by atoms with Crippen LogP contribution in [0, 0.1) is 0 Å². The van der Waals surface area contributed by atoms with Crippen LogP contribution in [0.1, 0.15) is 79.9 Å². The first-order chi connectivity index (χ1) is 20.7. The van der Waals surface area contributed by atoms with E-state index in [9.17, 15) is 23.1 Å². The van der Waals surface area contributed by atoms with Crippen molar-refractivity contribution in [3.05, 3.63) is 89.9 Å². The predicted octanol–water partition coefficient (Wildman–Crippen LogP) is 8.84. The smallest absolute Gasteiger partial charge is 0.416 e. The van der Waals surface area contributed by atoms with Crippen LogP contribution in [0.5, 0.6) is 11.6 Å². The number of aromatic nitrogens is 2. The number of hydrogen-bond donors (Lipinski definition) is 3. The van der Waals surface area contributed by atoms with E-state index in [1.165, 1.54) is 57.0 Å². The van der Waals surface area contributed by atoms with E-state index in [-0.39, 0.29) is 5.56 Å². The number of halogens is 3. The third-order valence-corrected chi connectivity index (χ3v) is 6.76. The van der Waals surface area contributed by atoms with Crippen LogP contribution in [0.3, 0.4) is 0 Å². The van der Waals surface area contributed by atoms with Crippen LogP contribution < -0.4 is 15.8 Å². The van der Waals surface area contributed by atoms with Gasteiger partial charge in [0.2, 0.25) is 5.88 Å². The Morgan fingerprint density at radius 3 is 2.33 bits per heavy atom. The van der Waals surface area contributed by atoms with Crippen molar-refractivity contribution in [3.63, 3.8) is 0 Å².